The number of carbonyl (C=O) groups is 2. The number of nitrogens with two attached hydrogens (primary N) is 1. The summed E-state index contributed by atoms with van der Waals surface area (Å²) in [5.41, 5.74) is 4.40. The second kappa shape index (κ2) is 6.57. The van der Waals surface area contributed by atoms with Crippen LogP contribution >= 0.6 is 0 Å². The largest absolute Gasteiger partial charge is 0.481 e. The number of aromatic nitrogens is 2. The topological polar surface area (TPSA) is 133 Å². The second-order valence-corrected chi connectivity index (χ2v) is 6.63. The summed E-state index contributed by atoms with van der Waals surface area (Å²) < 4.78 is 0. The minimum absolute atomic E-state index is 0.0199. The Bertz CT molecular complexity index is 586. The number of hydrogen-bond donors (Lipinski definition) is 4. The van der Waals surface area contributed by atoms with Crippen molar-refractivity contribution in [1.82, 2.24) is 15.1 Å². The molecule has 0 aromatic carbocycles. The van der Waals surface area contributed by atoms with Gasteiger partial charge in [-0.15, -0.1) is 0 Å². The Labute approximate surface area is 134 Å². The predicted octanol–water partition coefficient (Wildman–Crippen LogP) is 0.706. The van der Waals surface area contributed by atoms with Crippen LogP contribution in [0.1, 0.15) is 43.6 Å². The number of hydrogen-bond acceptors (Lipinski definition) is 5. The minimum atomic E-state index is -1.33. The summed E-state index contributed by atoms with van der Waals surface area (Å²) in [5, 5.41) is 26.3. The van der Waals surface area contributed by atoms with Crippen LogP contribution in [0.25, 0.3) is 0 Å². The van der Waals surface area contributed by atoms with E-state index in [1.54, 1.807) is 0 Å². The number of H-pyrrole nitrogens is 1. The summed E-state index contributed by atoms with van der Waals surface area (Å²) in [6, 6.07) is 1.42. The standard InChI is InChI=1S/C15H24N4O4/c1-9(2)3-5-15(14(22)23)8-19(6-4-11(15)20)13(21)10-7-12(16)18-17-10/h7,9,11,20H,3-6,8H2,1-2H3,(H,22,23)(H3,16,17,18)/t11-,15-/m1/s1. The molecule has 1 amide bonds. The van der Waals surface area contributed by atoms with Crippen molar-refractivity contribution in [3.8, 4) is 0 Å². The molecule has 1 aliphatic rings. The number of carbonyl (C=O) groups excluding carboxylic acids is 1. The Morgan fingerprint density at radius 3 is 2.78 bits per heavy atom. The lowest BCUT2D eigenvalue weighted by Gasteiger charge is -2.43. The Balaban J connectivity index is 2.21. The van der Waals surface area contributed by atoms with Gasteiger partial charge in [-0.25, -0.2) is 0 Å². The first-order valence-corrected chi connectivity index (χ1v) is 7.78. The molecule has 2 rings (SSSR count). The van der Waals surface area contributed by atoms with Crippen molar-refractivity contribution >= 4 is 17.7 Å². The van der Waals surface area contributed by atoms with Crippen LogP contribution in [0.3, 0.4) is 0 Å². The molecule has 8 nitrogen and oxygen atoms in total. The van der Waals surface area contributed by atoms with Crippen LogP contribution in [-0.4, -0.2) is 56.4 Å². The maximum atomic E-state index is 12.5. The number of aliphatic hydroxyl groups is 1. The van der Waals surface area contributed by atoms with Crippen LogP contribution < -0.4 is 5.73 Å². The van der Waals surface area contributed by atoms with E-state index in [9.17, 15) is 19.8 Å². The Morgan fingerprint density at radius 2 is 2.26 bits per heavy atom. The fourth-order valence-electron chi connectivity index (χ4n) is 2.98. The van der Waals surface area contributed by atoms with Crippen molar-refractivity contribution < 1.29 is 19.8 Å². The molecule has 0 saturated carbocycles. The van der Waals surface area contributed by atoms with Gasteiger partial charge in [0.2, 0.25) is 0 Å². The number of aromatic amines is 1. The molecule has 0 spiro atoms. The fourth-order valence-corrected chi connectivity index (χ4v) is 2.98. The van der Waals surface area contributed by atoms with E-state index in [0.717, 1.165) is 0 Å². The first kappa shape index (κ1) is 17.3. The lowest BCUT2D eigenvalue weighted by Crippen LogP contribution is -2.57. The van der Waals surface area contributed by atoms with Crippen molar-refractivity contribution in [2.24, 2.45) is 11.3 Å². The van der Waals surface area contributed by atoms with Gasteiger partial charge in [0.1, 0.15) is 16.9 Å². The third kappa shape index (κ3) is 3.47. The summed E-state index contributed by atoms with van der Waals surface area (Å²) in [5.74, 6) is -0.893. The normalized spacial score (nSPS) is 24.9. The summed E-state index contributed by atoms with van der Waals surface area (Å²) in [6.07, 6.45) is 0.271. The molecule has 1 aliphatic heterocycles. The van der Waals surface area contributed by atoms with E-state index < -0.39 is 17.5 Å². The first-order chi connectivity index (χ1) is 10.8. The van der Waals surface area contributed by atoms with Crippen molar-refractivity contribution in [3.05, 3.63) is 11.8 Å². The van der Waals surface area contributed by atoms with E-state index in [4.69, 9.17) is 5.73 Å². The molecule has 1 saturated heterocycles. The molecule has 0 bridgehead atoms. The van der Waals surface area contributed by atoms with Gasteiger partial charge in [0, 0.05) is 19.2 Å². The molecule has 2 heterocycles. The number of piperidine rings is 1. The Kier molecular flexibility index (Phi) is 4.93. The SMILES string of the molecule is CC(C)CC[C@@]1(C(=O)O)CN(C(=O)c2cc(N)n[nH]2)CC[C@H]1O. The molecule has 23 heavy (non-hydrogen) atoms. The smallest absolute Gasteiger partial charge is 0.314 e. The first-order valence-electron chi connectivity index (χ1n) is 7.78. The maximum Gasteiger partial charge on any atom is 0.314 e. The van der Waals surface area contributed by atoms with Crippen LogP contribution in [-0.2, 0) is 4.79 Å². The zero-order valence-corrected chi connectivity index (χ0v) is 13.5. The number of rotatable bonds is 5. The number of aliphatic hydroxyl groups excluding tert-OH is 1. The number of nitrogens with zero attached hydrogens (tertiary/aromatic N) is 2. The average Bonchev–Trinajstić information content (AvgIpc) is 2.92. The number of carboxylic acid groups (broad SMARTS) is 1. The van der Waals surface area contributed by atoms with Crippen LogP contribution in [0, 0.1) is 11.3 Å². The lowest BCUT2D eigenvalue weighted by molar-refractivity contribution is -0.163. The van der Waals surface area contributed by atoms with Crippen molar-refractivity contribution in [2.75, 3.05) is 18.8 Å². The summed E-state index contributed by atoms with van der Waals surface area (Å²) in [6.45, 7) is 4.28. The van der Waals surface area contributed by atoms with E-state index in [1.807, 2.05) is 13.8 Å². The van der Waals surface area contributed by atoms with Gasteiger partial charge in [-0.1, -0.05) is 13.8 Å². The molecule has 0 unspecified atom stereocenters. The highest BCUT2D eigenvalue weighted by molar-refractivity contribution is 5.93. The van der Waals surface area contributed by atoms with Crippen LogP contribution in [0.4, 0.5) is 5.82 Å². The van der Waals surface area contributed by atoms with Gasteiger partial charge in [-0.2, -0.15) is 5.10 Å². The van der Waals surface area contributed by atoms with E-state index in [2.05, 4.69) is 10.2 Å². The fraction of sp³-hybridized carbons (Fsp3) is 0.667. The zero-order valence-electron chi connectivity index (χ0n) is 13.5. The van der Waals surface area contributed by atoms with Crippen molar-refractivity contribution in [3.63, 3.8) is 0 Å². The number of nitrogen functional groups attached to an aromatic ring is 1. The molecule has 0 radical (unpaired) electrons. The summed E-state index contributed by atoms with van der Waals surface area (Å²) >= 11 is 0. The maximum absolute atomic E-state index is 12.5. The molecular formula is C15H24N4O4. The third-order valence-corrected chi connectivity index (χ3v) is 4.49. The number of carboxylic acids is 1. The average molecular weight is 324 g/mol. The van der Waals surface area contributed by atoms with Crippen LogP contribution in [0.15, 0.2) is 6.07 Å². The highest BCUT2D eigenvalue weighted by atomic mass is 16.4. The number of amides is 1. The summed E-state index contributed by atoms with van der Waals surface area (Å²) in [4.78, 5) is 25.8. The van der Waals surface area contributed by atoms with Gasteiger partial charge in [0.15, 0.2) is 0 Å². The quantitative estimate of drug-likeness (QED) is 0.630. The van der Waals surface area contributed by atoms with Gasteiger partial charge < -0.3 is 20.8 Å². The zero-order chi connectivity index (χ0) is 17.2. The molecular weight excluding hydrogens is 300 g/mol. The highest BCUT2D eigenvalue weighted by Gasteiger charge is 2.50. The van der Waals surface area contributed by atoms with Gasteiger partial charge in [0.05, 0.1) is 6.10 Å². The predicted molar refractivity (Wildman–Crippen MR) is 83.7 cm³/mol. The highest BCUT2D eigenvalue weighted by Crippen LogP contribution is 2.37. The number of nitrogens with one attached hydrogen (secondary N) is 1. The van der Waals surface area contributed by atoms with Crippen LogP contribution in [0.5, 0.6) is 0 Å². The number of anilines is 1. The third-order valence-electron chi connectivity index (χ3n) is 4.49. The van der Waals surface area contributed by atoms with E-state index in [1.165, 1.54) is 11.0 Å². The molecule has 8 heteroatoms. The minimum Gasteiger partial charge on any atom is -0.481 e. The molecule has 2 atom stereocenters. The Morgan fingerprint density at radius 1 is 1.57 bits per heavy atom. The number of aliphatic carboxylic acids is 1. The molecule has 1 fully saturated rings. The van der Waals surface area contributed by atoms with Crippen molar-refractivity contribution in [2.45, 2.75) is 39.2 Å². The number of likely N-dealkylation sites (tertiary alicyclic amines) is 1. The molecule has 1 aromatic rings. The van der Waals surface area contributed by atoms with Gasteiger partial charge in [-0.3, -0.25) is 14.7 Å². The van der Waals surface area contributed by atoms with Gasteiger partial charge >= 0.3 is 5.97 Å². The summed E-state index contributed by atoms with van der Waals surface area (Å²) in [7, 11) is 0. The van der Waals surface area contributed by atoms with Gasteiger partial charge in [-0.05, 0) is 25.2 Å². The molecule has 0 aliphatic carbocycles. The van der Waals surface area contributed by atoms with Crippen LogP contribution in [0.2, 0.25) is 0 Å². The molecule has 5 N–H and O–H groups in total. The second-order valence-electron chi connectivity index (χ2n) is 6.63. The molecule has 1 aromatic heterocycles. The van der Waals surface area contributed by atoms with E-state index in [-0.39, 0.29) is 30.4 Å². The monoisotopic (exact) mass is 324 g/mol. The lowest BCUT2D eigenvalue weighted by atomic mass is 9.72. The van der Waals surface area contributed by atoms with Gasteiger partial charge in [0.25, 0.3) is 5.91 Å². The van der Waals surface area contributed by atoms with Crippen molar-refractivity contribution in [1.29, 1.82) is 0 Å². The van der Waals surface area contributed by atoms with E-state index >= 15 is 0 Å². The van der Waals surface area contributed by atoms with E-state index in [0.29, 0.717) is 25.3 Å². The Hall–Kier alpha value is -2.09. The molecule has 128 valence electrons.